The van der Waals surface area contributed by atoms with Crippen LogP contribution >= 0.6 is 22.9 Å². The van der Waals surface area contributed by atoms with Crippen LogP contribution in [0.25, 0.3) is 10.6 Å². The number of rotatable bonds is 6. The van der Waals surface area contributed by atoms with Crippen molar-refractivity contribution >= 4 is 34.6 Å². The van der Waals surface area contributed by atoms with Crippen LogP contribution in [-0.4, -0.2) is 26.2 Å². The molecule has 7 heteroatoms. The number of nitrogens with zero attached hydrogens (tertiary/aromatic N) is 2. The Hall–Kier alpha value is -1.86. The van der Waals surface area contributed by atoms with E-state index in [1.54, 1.807) is 11.3 Å². The molecule has 0 aromatic carbocycles. The van der Waals surface area contributed by atoms with E-state index in [2.05, 4.69) is 18.2 Å². The molecule has 0 spiro atoms. The number of carbonyl (C=O) groups excluding carboxylic acids is 1. The zero-order valence-corrected chi connectivity index (χ0v) is 18.3. The Labute approximate surface area is 178 Å². The Morgan fingerprint density at radius 3 is 2.24 bits per heavy atom. The number of ketones is 1. The van der Waals surface area contributed by atoms with Gasteiger partial charge in [-0.25, -0.2) is 9.78 Å². The number of aryl methyl sites for hydroxylation is 1. The van der Waals surface area contributed by atoms with Gasteiger partial charge in [-0.1, -0.05) is 0 Å². The standard InChI is InChI=1S/C22H24N2O3S2/c1-10-11(2)28-16(17(10)21-23-20(24-29-21)14-7-8-14)9-15(25)18-12-3-5-13(6-4-12)19(18)22(26)27/h12-14H,3-9H2,1-2H3,(H,26,27). The van der Waals surface area contributed by atoms with Gasteiger partial charge in [-0.2, -0.15) is 4.37 Å². The van der Waals surface area contributed by atoms with Crippen molar-refractivity contribution in [3.63, 3.8) is 0 Å². The van der Waals surface area contributed by atoms with Gasteiger partial charge in [0.05, 0.1) is 0 Å². The molecule has 0 aliphatic heterocycles. The molecule has 0 saturated heterocycles. The number of fused-ring (bicyclic) bond motifs is 2. The molecule has 0 atom stereocenters. The number of allylic oxidation sites excluding steroid dienone is 1. The lowest BCUT2D eigenvalue weighted by Crippen LogP contribution is -2.34. The van der Waals surface area contributed by atoms with E-state index in [4.69, 9.17) is 4.98 Å². The fraction of sp³-hybridized carbons (Fsp3) is 0.545. The average Bonchev–Trinajstić information content (AvgIpc) is 3.39. The summed E-state index contributed by atoms with van der Waals surface area (Å²) in [4.78, 5) is 32.2. The molecule has 5 nitrogen and oxygen atoms in total. The minimum atomic E-state index is -0.903. The average molecular weight is 429 g/mol. The van der Waals surface area contributed by atoms with Crippen LogP contribution in [0.3, 0.4) is 0 Å². The monoisotopic (exact) mass is 428 g/mol. The maximum absolute atomic E-state index is 13.4. The molecule has 4 aliphatic carbocycles. The summed E-state index contributed by atoms with van der Waals surface area (Å²) in [5.74, 6) is 0.697. The Bertz CT molecular complexity index is 1040. The van der Waals surface area contributed by atoms with Crippen LogP contribution in [0.4, 0.5) is 0 Å². The van der Waals surface area contributed by atoms with Gasteiger partial charge in [-0.15, -0.1) is 11.3 Å². The Kier molecular flexibility index (Phi) is 4.70. The number of carbonyl (C=O) groups is 2. The quantitative estimate of drug-likeness (QED) is 0.694. The van der Waals surface area contributed by atoms with Gasteiger partial charge >= 0.3 is 5.97 Å². The van der Waals surface area contributed by atoms with Crippen LogP contribution in [0, 0.1) is 25.7 Å². The number of hydrogen-bond acceptors (Lipinski definition) is 6. The van der Waals surface area contributed by atoms with E-state index in [1.807, 2.05) is 0 Å². The van der Waals surface area contributed by atoms with Crippen LogP contribution in [0.5, 0.6) is 0 Å². The highest BCUT2D eigenvalue weighted by Crippen LogP contribution is 2.47. The Morgan fingerprint density at radius 2 is 1.62 bits per heavy atom. The summed E-state index contributed by atoms with van der Waals surface area (Å²) in [7, 11) is 0. The third-order valence-electron chi connectivity index (χ3n) is 6.74. The van der Waals surface area contributed by atoms with E-state index in [-0.39, 0.29) is 24.0 Å². The molecule has 0 amide bonds. The van der Waals surface area contributed by atoms with E-state index >= 15 is 0 Å². The van der Waals surface area contributed by atoms with Crippen LogP contribution in [-0.2, 0) is 16.0 Å². The van der Waals surface area contributed by atoms with Crippen molar-refractivity contribution in [3.8, 4) is 10.6 Å². The van der Waals surface area contributed by atoms with Gasteiger partial charge < -0.3 is 5.11 Å². The summed E-state index contributed by atoms with van der Waals surface area (Å²) < 4.78 is 4.54. The van der Waals surface area contributed by atoms with Gasteiger partial charge in [0.15, 0.2) is 5.78 Å². The summed E-state index contributed by atoms with van der Waals surface area (Å²) in [5.41, 5.74) is 3.21. The van der Waals surface area contributed by atoms with E-state index < -0.39 is 5.97 Å². The van der Waals surface area contributed by atoms with Gasteiger partial charge in [0.25, 0.3) is 0 Å². The van der Waals surface area contributed by atoms with Crippen LogP contribution in [0.1, 0.15) is 65.6 Å². The highest BCUT2D eigenvalue weighted by Gasteiger charge is 2.41. The molecule has 0 radical (unpaired) electrons. The van der Waals surface area contributed by atoms with E-state index in [0.717, 1.165) is 65.4 Å². The van der Waals surface area contributed by atoms with Gasteiger partial charge in [0, 0.05) is 38.8 Å². The second-order valence-electron chi connectivity index (χ2n) is 8.59. The smallest absolute Gasteiger partial charge is 0.332 e. The Morgan fingerprint density at radius 1 is 1.00 bits per heavy atom. The minimum absolute atomic E-state index is 0.00812. The second-order valence-corrected chi connectivity index (χ2v) is 10.7. The third kappa shape index (κ3) is 3.28. The predicted octanol–water partition coefficient (Wildman–Crippen LogP) is 5.07. The van der Waals surface area contributed by atoms with E-state index in [1.165, 1.54) is 16.4 Å². The highest BCUT2D eigenvalue weighted by molar-refractivity contribution is 7.14. The van der Waals surface area contributed by atoms with Crippen LogP contribution in [0.15, 0.2) is 11.1 Å². The molecule has 1 N–H and O–H groups in total. The molecule has 2 saturated carbocycles. The molecule has 152 valence electrons. The molecule has 4 aliphatic rings. The maximum atomic E-state index is 13.4. The number of hydrogen-bond donors (Lipinski definition) is 1. The number of aromatic nitrogens is 2. The van der Waals surface area contributed by atoms with Gasteiger partial charge in [-0.3, -0.25) is 4.79 Å². The molecule has 6 rings (SSSR count). The molecule has 0 unspecified atom stereocenters. The van der Waals surface area contributed by atoms with E-state index in [9.17, 15) is 14.7 Å². The topological polar surface area (TPSA) is 80.2 Å². The van der Waals surface area contributed by atoms with Crippen molar-refractivity contribution < 1.29 is 14.7 Å². The van der Waals surface area contributed by atoms with Gasteiger partial charge in [0.1, 0.15) is 10.8 Å². The molecule has 2 fully saturated rings. The van der Waals surface area contributed by atoms with Crippen LogP contribution < -0.4 is 0 Å². The third-order valence-corrected chi connectivity index (χ3v) is 8.70. The highest BCUT2D eigenvalue weighted by atomic mass is 32.1. The zero-order valence-electron chi connectivity index (χ0n) is 16.7. The normalized spacial score (nSPS) is 23.7. The van der Waals surface area contributed by atoms with Crippen molar-refractivity contribution in [1.29, 1.82) is 0 Å². The summed E-state index contributed by atoms with van der Waals surface area (Å²) >= 11 is 3.06. The fourth-order valence-corrected chi connectivity index (χ4v) is 7.08. The summed E-state index contributed by atoms with van der Waals surface area (Å²) in [6, 6.07) is 0. The summed E-state index contributed by atoms with van der Waals surface area (Å²) in [6.45, 7) is 4.16. The summed E-state index contributed by atoms with van der Waals surface area (Å²) in [5, 5.41) is 10.7. The maximum Gasteiger partial charge on any atom is 0.332 e. The minimum Gasteiger partial charge on any atom is -0.478 e. The molecular formula is C22H24N2O3S2. The predicted molar refractivity (Wildman–Crippen MR) is 113 cm³/mol. The second kappa shape index (κ2) is 7.13. The first-order valence-corrected chi connectivity index (χ1v) is 12.0. The number of aliphatic carboxylic acids is 1. The molecule has 29 heavy (non-hydrogen) atoms. The van der Waals surface area contributed by atoms with Crippen molar-refractivity contribution in [2.75, 3.05) is 0 Å². The lowest BCUT2D eigenvalue weighted by molar-refractivity contribution is -0.134. The largest absolute Gasteiger partial charge is 0.478 e. The SMILES string of the molecule is Cc1sc(CC(=O)C2=C(C(=O)O)C3CCC2CC3)c(-c2nc(C3CC3)ns2)c1C. The molecular weight excluding hydrogens is 404 g/mol. The first kappa shape index (κ1) is 19.1. The Balaban J connectivity index is 1.50. The number of carboxylic acids is 1. The van der Waals surface area contributed by atoms with Crippen molar-refractivity contribution in [2.45, 2.75) is 64.7 Å². The molecule has 2 aromatic rings. The number of thiophene rings is 1. The van der Waals surface area contributed by atoms with Crippen molar-refractivity contribution in [2.24, 2.45) is 11.8 Å². The van der Waals surface area contributed by atoms with Crippen molar-refractivity contribution in [1.82, 2.24) is 9.36 Å². The zero-order chi connectivity index (χ0) is 20.3. The molecule has 2 heterocycles. The number of carboxylic acid groups (broad SMARTS) is 1. The molecule has 2 aromatic heterocycles. The lowest BCUT2D eigenvalue weighted by atomic mass is 9.65. The fourth-order valence-electron chi connectivity index (χ4n) is 4.96. The number of Topliss-reactive ketones (excluding diaryl/α,β-unsaturated/α-hetero) is 1. The van der Waals surface area contributed by atoms with E-state index in [0.29, 0.717) is 17.1 Å². The van der Waals surface area contributed by atoms with Crippen LogP contribution in [0.2, 0.25) is 0 Å². The van der Waals surface area contributed by atoms with Crippen molar-refractivity contribution in [3.05, 3.63) is 32.3 Å². The first-order chi connectivity index (χ1) is 13.9. The summed E-state index contributed by atoms with van der Waals surface area (Å²) in [6.07, 6.45) is 6.29. The lowest BCUT2D eigenvalue weighted by Gasteiger charge is -2.38. The molecule has 2 bridgehead atoms. The van der Waals surface area contributed by atoms with Gasteiger partial charge in [-0.05, 0) is 81.3 Å². The first-order valence-electron chi connectivity index (χ1n) is 10.4. The van der Waals surface area contributed by atoms with Gasteiger partial charge in [0.2, 0.25) is 0 Å².